The topological polar surface area (TPSA) is 75.3 Å². The molecule has 124 valence electrons. The van der Waals surface area contributed by atoms with Crippen molar-refractivity contribution < 1.29 is 5.11 Å². The van der Waals surface area contributed by atoms with E-state index in [1.807, 2.05) is 72.8 Å². The summed E-state index contributed by atoms with van der Waals surface area (Å²) in [5.41, 5.74) is 2.49. The summed E-state index contributed by atoms with van der Waals surface area (Å²) >= 11 is 0. The van der Waals surface area contributed by atoms with Crippen LogP contribution in [0.25, 0.3) is 17.0 Å². The summed E-state index contributed by atoms with van der Waals surface area (Å²) in [4.78, 5) is 0. The van der Waals surface area contributed by atoms with E-state index in [2.05, 4.69) is 20.6 Å². The number of hydrogen-bond acceptors (Lipinski definition) is 5. The number of nitrogens with one attached hydrogen (secondary N) is 1. The summed E-state index contributed by atoms with van der Waals surface area (Å²) in [6, 6.07) is 23.0. The average Bonchev–Trinajstić information content (AvgIpc) is 3.10. The van der Waals surface area contributed by atoms with Crippen LogP contribution < -0.4 is 5.32 Å². The first-order chi connectivity index (χ1) is 12.3. The van der Waals surface area contributed by atoms with Crippen LogP contribution in [0.4, 0.5) is 5.82 Å². The Morgan fingerprint density at radius 3 is 2.36 bits per heavy atom. The molecule has 2 heterocycles. The molecule has 2 aromatic heterocycles. The standard InChI is InChI=1S/C19H17N5O/c25-16(14-7-3-1-4-8-14)13-20-17-11-12-18-21-22-19(24(18)23-17)15-9-5-2-6-10-15/h1-12,16,25H,13H2,(H,20,23)/t16-/m1/s1. The summed E-state index contributed by atoms with van der Waals surface area (Å²) < 4.78 is 1.70. The van der Waals surface area contributed by atoms with Gasteiger partial charge in [0, 0.05) is 12.1 Å². The average molecular weight is 331 g/mol. The van der Waals surface area contributed by atoms with E-state index in [-0.39, 0.29) is 0 Å². The van der Waals surface area contributed by atoms with Gasteiger partial charge in [-0.2, -0.15) is 4.52 Å². The zero-order chi connectivity index (χ0) is 17.1. The van der Waals surface area contributed by atoms with Gasteiger partial charge in [0.05, 0.1) is 6.10 Å². The number of fused-ring (bicyclic) bond motifs is 1. The predicted octanol–water partition coefficient (Wildman–Crippen LogP) is 2.94. The highest BCUT2D eigenvalue weighted by Gasteiger charge is 2.11. The smallest absolute Gasteiger partial charge is 0.185 e. The Balaban J connectivity index is 1.57. The van der Waals surface area contributed by atoms with Gasteiger partial charge in [-0.25, -0.2) is 0 Å². The molecule has 0 radical (unpaired) electrons. The maximum absolute atomic E-state index is 10.3. The quantitative estimate of drug-likeness (QED) is 0.588. The van der Waals surface area contributed by atoms with E-state index >= 15 is 0 Å². The fraction of sp³-hybridized carbons (Fsp3) is 0.105. The normalized spacial score (nSPS) is 12.2. The van der Waals surface area contributed by atoms with Crippen LogP contribution in [0.1, 0.15) is 11.7 Å². The molecule has 2 aromatic carbocycles. The molecule has 0 amide bonds. The van der Waals surface area contributed by atoms with Gasteiger partial charge in [0.25, 0.3) is 0 Å². The monoisotopic (exact) mass is 331 g/mol. The molecule has 1 atom stereocenters. The third-order valence-electron chi connectivity index (χ3n) is 3.96. The molecule has 0 bridgehead atoms. The Morgan fingerprint density at radius 1 is 0.880 bits per heavy atom. The first-order valence-corrected chi connectivity index (χ1v) is 8.06. The van der Waals surface area contributed by atoms with Gasteiger partial charge in [-0.1, -0.05) is 60.7 Å². The van der Waals surface area contributed by atoms with Crippen molar-refractivity contribution in [3.8, 4) is 11.4 Å². The molecular weight excluding hydrogens is 314 g/mol. The van der Waals surface area contributed by atoms with Gasteiger partial charge in [-0.05, 0) is 17.7 Å². The summed E-state index contributed by atoms with van der Waals surface area (Å²) in [5.74, 6) is 1.34. The second kappa shape index (κ2) is 6.70. The van der Waals surface area contributed by atoms with Crippen LogP contribution in [0.2, 0.25) is 0 Å². The minimum atomic E-state index is -0.604. The summed E-state index contributed by atoms with van der Waals surface area (Å²) in [6.45, 7) is 0.366. The second-order valence-corrected chi connectivity index (χ2v) is 5.69. The van der Waals surface area contributed by atoms with E-state index in [0.29, 0.717) is 23.8 Å². The van der Waals surface area contributed by atoms with Gasteiger partial charge in [0.15, 0.2) is 11.5 Å². The predicted molar refractivity (Wildman–Crippen MR) is 96.1 cm³/mol. The lowest BCUT2D eigenvalue weighted by Gasteiger charge is -2.12. The van der Waals surface area contributed by atoms with Crippen molar-refractivity contribution in [1.82, 2.24) is 19.8 Å². The van der Waals surface area contributed by atoms with Crippen molar-refractivity contribution in [3.63, 3.8) is 0 Å². The number of aromatic nitrogens is 4. The lowest BCUT2D eigenvalue weighted by Crippen LogP contribution is -2.13. The Morgan fingerprint density at radius 2 is 1.60 bits per heavy atom. The Hall–Kier alpha value is -3.25. The molecular formula is C19H17N5O. The molecule has 6 nitrogen and oxygen atoms in total. The maximum Gasteiger partial charge on any atom is 0.185 e. The maximum atomic E-state index is 10.3. The van der Waals surface area contributed by atoms with Crippen molar-refractivity contribution >= 4 is 11.5 Å². The first kappa shape index (κ1) is 15.3. The Bertz CT molecular complexity index is 969. The van der Waals surface area contributed by atoms with Crippen LogP contribution >= 0.6 is 0 Å². The van der Waals surface area contributed by atoms with Crippen molar-refractivity contribution in [2.24, 2.45) is 0 Å². The van der Waals surface area contributed by atoms with Crippen LogP contribution in [0.3, 0.4) is 0 Å². The van der Waals surface area contributed by atoms with Gasteiger partial charge < -0.3 is 10.4 Å². The summed E-state index contributed by atoms with van der Waals surface area (Å²) in [6.07, 6.45) is -0.604. The van der Waals surface area contributed by atoms with Crippen molar-refractivity contribution in [2.75, 3.05) is 11.9 Å². The van der Waals surface area contributed by atoms with Gasteiger partial charge in [-0.15, -0.1) is 15.3 Å². The van der Waals surface area contributed by atoms with Crippen LogP contribution in [0.15, 0.2) is 72.8 Å². The largest absolute Gasteiger partial charge is 0.387 e. The molecule has 0 saturated heterocycles. The molecule has 4 rings (SSSR count). The molecule has 0 unspecified atom stereocenters. The molecule has 4 aromatic rings. The molecule has 0 fully saturated rings. The van der Waals surface area contributed by atoms with Crippen LogP contribution in [-0.4, -0.2) is 31.5 Å². The van der Waals surface area contributed by atoms with Crippen LogP contribution in [0.5, 0.6) is 0 Å². The minimum absolute atomic E-state index is 0.366. The molecule has 25 heavy (non-hydrogen) atoms. The highest BCUT2D eigenvalue weighted by molar-refractivity contribution is 5.59. The summed E-state index contributed by atoms with van der Waals surface area (Å²) in [7, 11) is 0. The highest BCUT2D eigenvalue weighted by atomic mass is 16.3. The third kappa shape index (κ3) is 3.20. The van der Waals surface area contributed by atoms with Crippen molar-refractivity contribution in [3.05, 3.63) is 78.4 Å². The molecule has 6 heteroatoms. The van der Waals surface area contributed by atoms with E-state index < -0.39 is 6.10 Å². The SMILES string of the molecule is O[C@H](CNc1ccc2nnc(-c3ccccc3)n2n1)c1ccccc1. The zero-order valence-electron chi connectivity index (χ0n) is 13.4. The van der Waals surface area contributed by atoms with Crippen molar-refractivity contribution in [1.29, 1.82) is 0 Å². The van der Waals surface area contributed by atoms with E-state index in [4.69, 9.17) is 0 Å². The first-order valence-electron chi connectivity index (χ1n) is 8.06. The van der Waals surface area contributed by atoms with E-state index in [1.54, 1.807) is 4.52 Å². The molecule has 0 aliphatic rings. The number of rotatable bonds is 5. The number of aliphatic hydroxyl groups is 1. The third-order valence-corrected chi connectivity index (χ3v) is 3.96. The molecule has 0 spiro atoms. The van der Waals surface area contributed by atoms with E-state index in [0.717, 1.165) is 11.1 Å². The molecule has 2 N–H and O–H groups in total. The van der Waals surface area contributed by atoms with Gasteiger partial charge >= 0.3 is 0 Å². The molecule has 0 aliphatic carbocycles. The van der Waals surface area contributed by atoms with Gasteiger partial charge in [0.1, 0.15) is 5.82 Å². The number of hydrogen-bond donors (Lipinski definition) is 2. The summed E-state index contributed by atoms with van der Waals surface area (Å²) in [5, 5.41) is 26.4. The van der Waals surface area contributed by atoms with Gasteiger partial charge in [-0.3, -0.25) is 0 Å². The number of benzene rings is 2. The Kier molecular flexibility index (Phi) is 4.10. The van der Waals surface area contributed by atoms with E-state index in [1.165, 1.54) is 0 Å². The zero-order valence-corrected chi connectivity index (χ0v) is 13.4. The number of anilines is 1. The van der Waals surface area contributed by atoms with E-state index in [9.17, 15) is 5.11 Å². The second-order valence-electron chi connectivity index (χ2n) is 5.69. The molecule has 0 saturated carbocycles. The number of aliphatic hydroxyl groups excluding tert-OH is 1. The fourth-order valence-electron chi connectivity index (χ4n) is 2.64. The minimum Gasteiger partial charge on any atom is -0.387 e. The lowest BCUT2D eigenvalue weighted by atomic mass is 10.1. The lowest BCUT2D eigenvalue weighted by molar-refractivity contribution is 0.191. The Labute approximate surface area is 144 Å². The van der Waals surface area contributed by atoms with Crippen LogP contribution in [-0.2, 0) is 0 Å². The molecule has 0 aliphatic heterocycles. The van der Waals surface area contributed by atoms with Gasteiger partial charge in [0.2, 0.25) is 0 Å². The van der Waals surface area contributed by atoms with Crippen molar-refractivity contribution in [2.45, 2.75) is 6.10 Å². The number of nitrogens with zero attached hydrogens (tertiary/aromatic N) is 4. The highest BCUT2D eigenvalue weighted by Crippen LogP contribution is 2.18. The fourth-order valence-corrected chi connectivity index (χ4v) is 2.64. The van der Waals surface area contributed by atoms with Crippen LogP contribution in [0, 0.1) is 0 Å².